The maximum absolute atomic E-state index is 14.2. The van der Waals surface area contributed by atoms with Crippen LogP contribution >= 0.6 is 23.1 Å². The van der Waals surface area contributed by atoms with Gasteiger partial charge in [-0.1, -0.05) is 36.0 Å². The maximum Gasteiger partial charge on any atom is 0.348 e. The van der Waals surface area contributed by atoms with E-state index in [1.807, 2.05) is 32.0 Å². The quantitative estimate of drug-likeness (QED) is 0.152. The molecule has 0 fully saturated rings. The monoisotopic (exact) mass is 653 g/mol. The fraction of sp³-hybridized carbons (Fsp3) is 0.290. The number of amides is 2. The Bertz CT molecular complexity index is 1750. The fourth-order valence-electron chi connectivity index (χ4n) is 4.36. The molecule has 236 valence electrons. The maximum atomic E-state index is 14.2. The van der Waals surface area contributed by atoms with Crippen molar-refractivity contribution in [2.75, 3.05) is 24.3 Å². The minimum absolute atomic E-state index is 0.0612. The number of esters is 2. The van der Waals surface area contributed by atoms with E-state index in [1.54, 1.807) is 31.4 Å². The Labute approximate surface area is 267 Å². The van der Waals surface area contributed by atoms with Gasteiger partial charge in [-0.15, -0.1) is 21.5 Å². The summed E-state index contributed by atoms with van der Waals surface area (Å²) >= 11 is 2.03. The van der Waals surface area contributed by atoms with Crippen molar-refractivity contribution in [3.05, 3.63) is 86.8 Å². The standard InChI is InChI=1S/C31H32FN5O6S2/c1-6-42-29(40)25-19(5)26(30(41)43-7-2)45-28(25)34-24(38)16-44-31-36-35-23(37(31)22-14-10-11-17(3)18(22)4)15-33-27(39)20-12-8-9-13-21(20)32/h8-14H,6-7,15-16H2,1-5H3,(H,33,39)(H,34,38). The van der Waals surface area contributed by atoms with Crippen LogP contribution < -0.4 is 10.6 Å². The zero-order valence-corrected chi connectivity index (χ0v) is 27.0. The lowest BCUT2D eigenvalue weighted by molar-refractivity contribution is -0.113. The Morgan fingerprint density at radius 1 is 0.933 bits per heavy atom. The normalized spacial score (nSPS) is 10.8. The molecule has 2 N–H and O–H groups in total. The summed E-state index contributed by atoms with van der Waals surface area (Å²) in [5.74, 6) is -2.74. The van der Waals surface area contributed by atoms with E-state index in [-0.39, 0.29) is 46.5 Å². The minimum Gasteiger partial charge on any atom is -0.462 e. The number of aryl methyl sites for hydroxylation is 1. The smallest absolute Gasteiger partial charge is 0.348 e. The van der Waals surface area contributed by atoms with E-state index in [0.717, 1.165) is 39.9 Å². The number of ether oxygens (including phenoxy) is 2. The number of thiophene rings is 1. The molecule has 2 aromatic carbocycles. The zero-order valence-electron chi connectivity index (χ0n) is 25.4. The van der Waals surface area contributed by atoms with Crippen molar-refractivity contribution in [2.45, 2.75) is 46.3 Å². The highest BCUT2D eigenvalue weighted by molar-refractivity contribution is 7.99. The molecule has 0 unspecified atom stereocenters. The molecule has 4 aromatic rings. The number of halogens is 1. The molecule has 4 rings (SSSR count). The van der Waals surface area contributed by atoms with Gasteiger partial charge < -0.3 is 20.1 Å². The first-order valence-electron chi connectivity index (χ1n) is 14.0. The first kappa shape index (κ1) is 33.3. The van der Waals surface area contributed by atoms with Gasteiger partial charge in [-0.05, 0) is 69.5 Å². The summed E-state index contributed by atoms with van der Waals surface area (Å²) in [5, 5.41) is 14.5. The molecule has 0 saturated carbocycles. The van der Waals surface area contributed by atoms with Crippen LogP contribution in [0.3, 0.4) is 0 Å². The van der Waals surface area contributed by atoms with Gasteiger partial charge in [0.05, 0.1) is 42.3 Å². The number of rotatable bonds is 12. The molecular formula is C31H32FN5O6S2. The number of hydrogen-bond donors (Lipinski definition) is 2. The van der Waals surface area contributed by atoms with Gasteiger partial charge in [0.1, 0.15) is 15.7 Å². The van der Waals surface area contributed by atoms with Gasteiger partial charge in [-0.3, -0.25) is 14.2 Å². The van der Waals surface area contributed by atoms with Crippen LogP contribution in [0.2, 0.25) is 0 Å². The third-order valence-electron chi connectivity index (χ3n) is 6.72. The van der Waals surface area contributed by atoms with Gasteiger partial charge in [-0.25, -0.2) is 14.0 Å². The first-order chi connectivity index (χ1) is 21.6. The van der Waals surface area contributed by atoms with E-state index in [0.29, 0.717) is 16.5 Å². The average molecular weight is 654 g/mol. The molecule has 11 nitrogen and oxygen atoms in total. The van der Waals surface area contributed by atoms with E-state index in [9.17, 15) is 23.6 Å². The van der Waals surface area contributed by atoms with Gasteiger partial charge in [0.15, 0.2) is 11.0 Å². The topological polar surface area (TPSA) is 142 Å². The molecule has 0 aliphatic heterocycles. The second-order valence-electron chi connectivity index (χ2n) is 9.65. The van der Waals surface area contributed by atoms with Crippen LogP contribution in [0.4, 0.5) is 9.39 Å². The van der Waals surface area contributed by atoms with E-state index in [2.05, 4.69) is 20.8 Å². The average Bonchev–Trinajstić information content (AvgIpc) is 3.56. The number of carbonyl (C=O) groups is 4. The summed E-state index contributed by atoms with van der Waals surface area (Å²) in [5.41, 5.74) is 3.04. The van der Waals surface area contributed by atoms with E-state index < -0.39 is 29.6 Å². The van der Waals surface area contributed by atoms with Crippen LogP contribution in [-0.4, -0.2) is 57.5 Å². The lowest BCUT2D eigenvalue weighted by atomic mass is 10.1. The number of aromatic nitrogens is 3. The number of thioether (sulfide) groups is 1. The highest BCUT2D eigenvalue weighted by Crippen LogP contribution is 2.35. The van der Waals surface area contributed by atoms with Crippen molar-refractivity contribution < 1.29 is 33.0 Å². The Morgan fingerprint density at radius 2 is 1.64 bits per heavy atom. The fourth-order valence-corrected chi connectivity index (χ4v) is 6.23. The van der Waals surface area contributed by atoms with Crippen molar-refractivity contribution >= 4 is 51.9 Å². The Morgan fingerprint density at radius 3 is 2.36 bits per heavy atom. The van der Waals surface area contributed by atoms with E-state index in [4.69, 9.17) is 9.47 Å². The molecule has 0 bridgehead atoms. The molecule has 2 amide bonds. The van der Waals surface area contributed by atoms with Crippen molar-refractivity contribution in [3.63, 3.8) is 0 Å². The van der Waals surface area contributed by atoms with Gasteiger partial charge >= 0.3 is 11.9 Å². The second kappa shape index (κ2) is 14.9. The van der Waals surface area contributed by atoms with Crippen molar-refractivity contribution in [2.24, 2.45) is 0 Å². The molecule has 0 radical (unpaired) electrons. The summed E-state index contributed by atoms with van der Waals surface area (Å²) in [6, 6.07) is 11.4. The van der Waals surface area contributed by atoms with Crippen LogP contribution in [-0.2, 0) is 20.8 Å². The summed E-state index contributed by atoms with van der Waals surface area (Å²) < 4.78 is 26.2. The van der Waals surface area contributed by atoms with Gasteiger partial charge in [0.2, 0.25) is 5.91 Å². The summed E-state index contributed by atoms with van der Waals surface area (Å²) in [6.45, 7) is 9.02. The van der Waals surface area contributed by atoms with Crippen LogP contribution in [0.15, 0.2) is 47.6 Å². The lowest BCUT2D eigenvalue weighted by Crippen LogP contribution is -2.25. The molecule has 0 aliphatic carbocycles. The minimum atomic E-state index is -0.665. The third-order valence-corrected chi connectivity index (χ3v) is 8.83. The van der Waals surface area contributed by atoms with Crippen LogP contribution in [0, 0.1) is 26.6 Å². The van der Waals surface area contributed by atoms with Crippen molar-refractivity contribution in [3.8, 4) is 5.69 Å². The number of anilines is 1. The molecule has 0 atom stereocenters. The third kappa shape index (κ3) is 7.57. The molecule has 0 spiro atoms. The molecule has 2 aromatic heterocycles. The molecule has 2 heterocycles. The zero-order chi connectivity index (χ0) is 32.7. The number of benzene rings is 2. The van der Waals surface area contributed by atoms with Crippen LogP contribution in [0.1, 0.15) is 66.7 Å². The van der Waals surface area contributed by atoms with Crippen molar-refractivity contribution in [1.29, 1.82) is 0 Å². The predicted molar refractivity (Wildman–Crippen MR) is 169 cm³/mol. The SMILES string of the molecule is CCOC(=O)c1sc(NC(=O)CSc2nnc(CNC(=O)c3ccccc3F)n2-c2cccc(C)c2C)c(C(=O)OCC)c1C. The van der Waals surface area contributed by atoms with Gasteiger partial charge in [0.25, 0.3) is 5.91 Å². The second-order valence-corrected chi connectivity index (χ2v) is 11.6. The molecule has 0 saturated heterocycles. The molecule has 45 heavy (non-hydrogen) atoms. The largest absolute Gasteiger partial charge is 0.462 e. The van der Waals surface area contributed by atoms with Crippen LogP contribution in [0.25, 0.3) is 5.69 Å². The predicted octanol–water partition coefficient (Wildman–Crippen LogP) is 5.41. The van der Waals surface area contributed by atoms with Gasteiger partial charge in [0, 0.05) is 0 Å². The summed E-state index contributed by atoms with van der Waals surface area (Å²) in [7, 11) is 0. The van der Waals surface area contributed by atoms with Gasteiger partial charge in [-0.2, -0.15) is 0 Å². The highest BCUT2D eigenvalue weighted by atomic mass is 32.2. The molecule has 14 heteroatoms. The molecule has 0 aliphatic rings. The highest BCUT2D eigenvalue weighted by Gasteiger charge is 2.28. The van der Waals surface area contributed by atoms with Crippen molar-refractivity contribution in [1.82, 2.24) is 20.1 Å². The Hall–Kier alpha value is -4.56. The first-order valence-corrected chi connectivity index (χ1v) is 15.8. The summed E-state index contributed by atoms with van der Waals surface area (Å²) in [4.78, 5) is 51.3. The number of carbonyl (C=O) groups excluding carboxylic acids is 4. The Balaban J connectivity index is 1.58. The van der Waals surface area contributed by atoms with Crippen LogP contribution in [0.5, 0.6) is 0 Å². The molecular weight excluding hydrogens is 622 g/mol. The number of nitrogens with zero attached hydrogens (tertiary/aromatic N) is 3. The van der Waals surface area contributed by atoms with E-state index in [1.165, 1.54) is 18.2 Å². The summed E-state index contributed by atoms with van der Waals surface area (Å²) in [6.07, 6.45) is 0. The Kier molecular flexibility index (Phi) is 11.1. The lowest BCUT2D eigenvalue weighted by Gasteiger charge is -2.15. The number of hydrogen-bond acceptors (Lipinski definition) is 10. The number of nitrogens with one attached hydrogen (secondary N) is 2. The van der Waals surface area contributed by atoms with E-state index >= 15 is 0 Å².